The zero-order chi connectivity index (χ0) is 26.3. The molecule has 1 aliphatic heterocycles. The van der Waals surface area contributed by atoms with E-state index in [0.717, 1.165) is 29.2 Å². The fourth-order valence-corrected chi connectivity index (χ4v) is 10.2. The van der Waals surface area contributed by atoms with Crippen molar-refractivity contribution in [2.24, 2.45) is 11.3 Å². The van der Waals surface area contributed by atoms with Gasteiger partial charge in [-0.15, -0.1) is 30.1 Å². The number of rotatable bonds is 12. The minimum Gasteiger partial charge on any atom is -0.497 e. The zero-order valence-electron chi connectivity index (χ0n) is 21.5. The second-order valence-electron chi connectivity index (χ2n) is 9.73. The molecule has 2 aromatic rings. The van der Waals surface area contributed by atoms with E-state index in [9.17, 15) is 13.5 Å². The quantitative estimate of drug-likeness (QED) is 0.334. The maximum Gasteiger partial charge on any atom is 0.184 e. The molecule has 2 aromatic carbocycles. The number of hydrogen-bond donors (Lipinski definition) is 1. The van der Waals surface area contributed by atoms with Crippen LogP contribution in [-0.4, -0.2) is 54.2 Å². The van der Waals surface area contributed by atoms with Crippen LogP contribution in [0.5, 0.6) is 5.75 Å². The number of hydrogen-bond acceptors (Lipinski definition) is 7. The van der Waals surface area contributed by atoms with Gasteiger partial charge in [-0.05, 0) is 53.7 Å². The molecule has 1 saturated heterocycles. The lowest BCUT2D eigenvalue weighted by Crippen LogP contribution is -2.53. The lowest BCUT2D eigenvalue weighted by molar-refractivity contribution is -0.0724. The SMILES string of the molecule is C=C[C@H](OCc1ccc(OC)cc1)C(C)(C)C(O)C([C@H](C)C1SCCCS1)S(=O)(=O)c1ccccc1. The standard InChI is InChI=1S/C28H38O5S3/c1-6-24(33-19-21-13-15-22(32-5)16-14-21)28(3,4)26(29)25(20(2)27-34-17-10-18-35-27)36(30,31)23-11-8-7-9-12-23/h6-9,11-16,20,24-27,29H,1,10,17-19H2,2-5H3/t20-,24-,25?,26?/m0/s1. The Kier molecular flexibility index (Phi) is 10.4. The van der Waals surface area contributed by atoms with Crippen LogP contribution in [0.15, 0.2) is 72.1 Å². The van der Waals surface area contributed by atoms with Crippen molar-refractivity contribution in [2.75, 3.05) is 18.6 Å². The van der Waals surface area contributed by atoms with Crippen LogP contribution < -0.4 is 4.74 Å². The highest BCUT2D eigenvalue weighted by Crippen LogP contribution is 2.44. The van der Waals surface area contributed by atoms with Crippen molar-refractivity contribution < 1.29 is 23.0 Å². The van der Waals surface area contributed by atoms with Crippen molar-refractivity contribution in [1.82, 2.24) is 0 Å². The molecule has 3 rings (SSSR count). The third-order valence-electron chi connectivity index (χ3n) is 6.84. The highest BCUT2D eigenvalue weighted by atomic mass is 32.2. The largest absolute Gasteiger partial charge is 0.497 e. The smallest absolute Gasteiger partial charge is 0.184 e. The Balaban J connectivity index is 1.90. The third-order valence-corrected chi connectivity index (χ3v) is 12.6. The molecule has 1 fully saturated rings. The summed E-state index contributed by atoms with van der Waals surface area (Å²) in [5, 5.41) is 10.9. The van der Waals surface area contributed by atoms with E-state index >= 15 is 0 Å². The predicted octanol–water partition coefficient (Wildman–Crippen LogP) is 5.83. The average Bonchev–Trinajstić information content (AvgIpc) is 2.90. The van der Waals surface area contributed by atoms with Gasteiger partial charge in [0.05, 0.1) is 40.7 Å². The Morgan fingerprint density at radius 3 is 2.28 bits per heavy atom. The van der Waals surface area contributed by atoms with Crippen molar-refractivity contribution in [2.45, 2.75) is 60.7 Å². The maximum absolute atomic E-state index is 14.0. The van der Waals surface area contributed by atoms with Gasteiger partial charge in [-0.1, -0.05) is 57.2 Å². The van der Waals surface area contributed by atoms with Crippen molar-refractivity contribution in [3.63, 3.8) is 0 Å². The second kappa shape index (κ2) is 12.9. The first-order valence-electron chi connectivity index (χ1n) is 12.2. The van der Waals surface area contributed by atoms with Crippen molar-refractivity contribution >= 4 is 33.4 Å². The number of aliphatic hydroxyl groups is 1. The van der Waals surface area contributed by atoms with E-state index in [1.54, 1.807) is 67.0 Å². The Morgan fingerprint density at radius 1 is 1.11 bits per heavy atom. The number of thioether (sulfide) groups is 2. The van der Waals surface area contributed by atoms with E-state index in [-0.39, 0.29) is 15.4 Å². The molecule has 0 bridgehead atoms. The minimum atomic E-state index is -3.83. The zero-order valence-corrected chi connectivity index (χ0v) is 24.0. The van der Waals surface area contributed by atoms with Crippen LogP contribution in [0.1, 0.15) is 32.8 Å². The van der Waals surface area contributed by atoms with Crippen LogP contribution >= 0.6 is 23.5 Å². The van der Waals surface area contributed by atoms with Gasteiger partial charge in [0.1, 0.15) is 5.75 Å². The summed E-state index contributed by atoms with van der Waals surface area (Å²) < 4.78 is 39.5. The summed E-state index contributed by atoms with van der Waals surface area (Å²) in [7, 11) is -2.21. The number of methoxy groups -OCH3 is 1. The van der Waals surface area contributed by atoms with E-state index in [0.29, 0.717) is 6.61 Å². The molecular formula is C28H38O5S3. The van der Waals surface area contributed by atoms with Gasteiger partial charge in [0.15, 0.2) is 9.84 Å². The predicted molar refractivity (Wildman–Crippen MR) is 151 cm³/mol. The number of aliphatic hydroxyl groups excluding tert-OH is 1. The summed E-state index contributed by atoms with van der Waals surface area (Å²) in [5.41, 5.74) is 0.0312. The van der Waals surface area contributed by atoms with Gasteiger partial charge in [0.2, 0.25) is 0 Å². The normalized spacial score (nSPS) is 18.7. The summed E-state index contributed by atoms with van der Waals surface area (Å²) in [6, 6.07) is 16.0. The van der Waals surface area contributed by atoms with Gasteiger partial charge in [-0.3, -0.25) is 0 Å². The molecule has 0 aromatic heterocycles. The summed E-state index contributed by atoms with van der Waals surface area (Å²) >= 11 is 3.58. The molecule has 0 aliphatic carbocycles. The highest BCUT2D eigenvalue weighted by Gasteiger charge is 2.49. The number of ether oxygens (including phenoxy) is 2. The molecule has 0 spiro atoms. The molecule has 5 nitrogen and oxygen atoms in total. The van der Waals surface area contributed by atoms with Gasteiger partial charge in [0.25, 0.3) is 0 Å². The number of benzene rings is 2. The molecule has 4 atom stereocenters. The highest BCUT2D eigenvalue weighted by molar-refractivity contribution is 8.17. The third kappa shape index (κ3) is 6.70. The van der Waals surface area contributed by atoms with E-state index in [2.05, 4.69) is 6.58 Å². The molecule has 8 heteroatoms. The first-order valence-corrected chi connectivity index (χ1v) is 15.8. The molecule has 0 saturated carbocycles. The molecule has 0 radical (unpaired) electrons. The minimum absolute atomic E-state index is 0.0927. The van der Waals surface area contributed by atoms with Crippen LogP contribution in [0, 0.1) is 11.3 Å². The number of sulfone groups is 1. The Hall–Kier alpha value is -1.45. The molecule has 1 heterocycles. The van der Waals surface area contributed by atoms with Gasteiger partial charge in [-0.25, -0.2) is 8.42 Å². The van der Waals surface area contributed by atoms with E-state index in [1.165, 1.54) is 0 Å². The monoisotopic (exact) mass is 550 g/mol. The molecular weight excluding hydrogens is 513 g/mol. The topological polar surface area (TPSA) is 72.8 Å². The molecule has 0 amide bonds. The summed E-state index contributed by atoms with van der Waals surface area (Å²) in [6.07, 6.45) is 1.02. The maximum atomic E-state index is 14.0. The molecule has 2 unspecified atom stereocenters. The lowest BCUT2D eigenvalue weighted by Gasteiger charge is -2.43. The van der Waals surface area contributed by atoms with E-state index in [1.807, 2.05) is 45.0 Å². The Morgan fingerprint density at radius 2 is 1.72 bits per heavy atom. The molecule has 1 aliphatic rings. The van der Waals surface area contributed by atoms with Crippen LogP contribution in [0.25, 0.3) is 0 Å². The van der Waals surface area contributed by atoms with Crippen LogP contribution in [-0.2, 0) is 21.2 Å². The van der Waals surface area contributed by atoms with Crippen LogP contribution in [0.2, 0.25) is 0 Å². The Bertz CT molecular complexity index is 1060. The second-order valence-corrected chi connectivity index (χ2v) is 14.6. The molecule has 1 N–H and O–H groups in total. The molecule has 36 heavy (non-hydrogen) atoms. The van der Waals surface area contributed by atoms with Gasteiger partial charge in [0, 0.05) is 5.41 Å². The molecule has 198 valence electrons. The van der Waals surface area contributed by atoms with E-state index < -0.39 is 32.7 Å². The lowest BCUT2D eigenvalue weighted by atomic mass is 9.77. The summed E-state index contributed by atoms with van der Waals surface area (Å²) in [5.74, 6) is 2.49. The first kappa shape index (κ1) is 29.1. The van der Waals surface area contributed by atoms with Crippen molar-refractivity contribution in [3.8, 4) is 5.75 Å². The van der Waals surface area contributed by atoms with Crippen LogP contribution in [0.3, 0.4) is 0 Å². The average molecular weight is 551 g/mol. The fraction of sp³-hybridized carbons (Fsp3) is 0.500. The summed E-state index contributed by atoms with van der Waals surface area (Å²) in [4.78, 5) is 0.233. The first-order chi connectivity index (χ1) is 17.1. The van der Waals surface area contributed by atoms with Crippen molar-refractivity contribution in [1.29, 1.82) is 0 Å². The van der Waals surface area contributed by atoms with Gasteiger partial charge in [-0.2, -0.15) is 0 Å². The summed E-state index contributed by atoms with van der Waals surface area (Å²) in [6.45, 7) is 9.93. The van der Waals surface area contributed by atoms with Gasteiger partial charge >= 0.3 is 0 Å². The van der Waals surface area contributed by atoms with Gasteiger partial charge < -0.3 is 14.6 Å². The Labute approximate surface area is 225 Å². The van der Waals surface area contributed by atoms with Crippen LogP contribution in [0.4, 0.5) is 0 Å². The van der Waals surface area contributed by atoms with E-state index in [4.69, 9.17) is 9.47 Å². The fourth-order valence-electron chi connectivity index (χ4n) is 4.56. The van der Waals surface area contributed by atoms with Crippen molar-refractivity contribution in [3.05, 3.63) is 72.8 Å².